The monoisotopic (exact) mass is 279 g/mol. The molecular formula is C14H17NO5. The molecule has 1 aliphatic rings. The smallest absolute Gasteiger partial charge is 0.410 e. The van der Waals surface area contributed by atoms with Crippen LogP contribution in [0.2, 0.25) is 0 Å². The fourth-order valence-electron chi connectivity index (χ4n) is 2.12. The van der Waals surface area contributed by atoms with Crippen LogP contribution in [-0.2, 0) is 20.9 Å². The highest BCUT2D eigenvalue weighted by atomic mass is 16.6. The van der Waals surface area contributed by atoms with Crippen molar-refractivity contribution in [3.05, 3.63) is 35.9 Å². The van der Waals surface area contributed by atoms with Gasteiger partial charge in [0.25, 0.3) is 0 Å². The number of benzene rings is 1. The summed E-state index contributed by atoms with van der Waals surface area (Å²) >= 11 is 0. The number of aliphatic carboxylic acids is 1. The summed E-state index contributed by atoms with van der Waals surface area (Å²) in [4.78, 5) is 24.5. The quantitative estimate of drug-likeness (QED) is 0.903. The van der Waals surface area contributed by atoms with Crippen molar-refractivity contribution in [1.82, 2.24) is 4.90 Å². The lowest BCUT2D eigenvalue weighted by atomic mass is 9.97. The Morgan fingerprint density at radius 3 is 2.65 bits per heavy atom. The molecule has 1 fully saturated rings. The molecule has 1 aromatic rings. The molecule has 1 N–H and O–H groups in total. The second-order valence-corrected chi connectivity index (χ2v) is 4.74. The molecule has 6 heteroatoms. The number of carboxylic acids is 1. The maximum absolute atomic E-state index is 12.0. The molecule has 1 amide bonds. The molecular weight excluding hydrogens is 262 g/mol. The molecule has 0 spiro atoms. The Bertz CT molecular complexity index is 482. The van der Waals surface area contributed by atoms with E-state index in [0.717, 1.165) is 10.5 Å². The summed E-state index contributed by atoms with van der Waals surface area (Å²) in [5, 5.41) is 9.34. The topological polar surface area (TPSA) is 76.1 Å². The highest BCUT2D eigenvalue weighted by Crippen LogP contribution is 2.26. The van der Waals surface area contributed by atoms with Crippen LogP contribution in [0.25, 0.3) is 0 Å². The standard InChI is InChI=1S/C14H17NO5/c1-15(14(12(16)17)7-8-19-10-14)13(18)20-9-11-5-3-2-4-6-11/h2-6H,7-10H2,1H3,(H,16,17). The third-order valence-corrected chi connectivity index (χ3v) is 3.52. The Morgan fingerprint density at radius 1 is 1.40 bits per heavy atom. The van der Waals surface area contributed by atoms with Crippen LogP contribution in [0.15, 0.2) is 30.3 Å². The van der Waals surface area contributed by atoms with Crippen LogP contribution in [0, 0.1) is 0 Å². The second kappa shape index (κ2) is 5.92. The molecule has 0 aromatic heterocycles. The number of nitrogens with zero attached hydrogens (tertiary/aromatic N) is 1. The molecule has 2 rings (SSSR count). The van der Waals surface area contributed by atoms with Gasteiger partial charge in [-0.3, -0.25) is 4.90 Å². The van der Waals surface area contributed by atoms with Gasteiger partial charge in [0, 0.05) is 20.1 Å². The summed E-state index contributed by atoms with van der Waals surface area (Å²) < 4.78 is 10.3. The lowest BCUT2D eigenvalue weighted by molar-refractivity contribution is -0.149. The molecule has 1 aromatic carbocycles. The van der Waals surface area contributed by atoms with E-state index in [2.05, 4.69) is 0 Å². The van der Waals surface area contributed by atoms with E-state index in [4.69, 9.17) is 9.47 Å². The minimum atomic E-state index is -1.33. The number of ether oxygens (including phenoxy) is 2. The van der Waals surface area contributed by atoms with Crippen LogP contribution >= 0.6 is 0 Å². The van der Waals surface area contributed by atoms with Gasteiger partial charge < -0.3 is 14.6 Å². The first-order chi connectivity index (χ1) is 9.56. The van der Waals surface area contributed by atoms with Crippen molar-refractivity contribution in [3.63, 3.8) is 0 Å². The first-order valence-electron chi connectivity index (χ1n) is 6.32. The van der Waals surface area contributed by atoms with Gasteiger partial charge in [0.05, 0.1) is 6.61 Å². The van der Waals surface area contributed by atoms with Crippen LogP contribution in [-0.4, -0.2) is 47.9 Å². The number of carboxylic acid groups (broad SMARTS) is 1. The average molecular weight is 279 g/mol. The predicted molar refractivity (Wildman–Crippen MR) is 70.2 cm³/mol. The van der Waals surface area contributed by atoms with Crippen molar-refractivity contribution in [2.24, 2.45) is 0 Å². The van der Waals surface area contributed by atoms with Crippen LogP contribution in [0.3, 0.4) is 0 Å². The summed E-state index contributed by atoms with van der Waals surface area (Å²) in [6.07, 6.45) is -0.402. The largest absolute Gasteiger partial charge is 0.479 e. The van der Waals surface area contributed by atoms with Crippen LogP contribution < -0.4 is 0 Å². The molecule has 0 radical (unpaired) electrons. The first-order valence-corrected chi connectivity index (χ1v) is 6.32. The fraction of sp³-hybridized carbons (Fsp3) is 0.429. The molecule has 6 nitrogen and oxygen atoms in total. The molecule has 0 aliphatic carbocycles. The average Bonchev–Trinajstić information content (AvgIpc) is 2.96. The lowest BCUT2D eigenvalue weighted by Crippen LogP contribution is -2.56. The van der Waals surface area contributed by atoms with Crippen LogP contribution in [0.1, 0.15) is 12.0 Å². The van der Waals surface area contributed by atoms with Crippen molar-refractivity contribution in [3.8, 4) is 0 Å². The number of carbonyl (C=O) groups is 2. The van der Waals surface area contributed by atoms with E-state index in [1.165, 1.54) is 7.05 Å². The minimum absolute atomic E-state index is 0.0146. The van der Waals surface area contributed by atoms with E-state index in [0.29, 0.717) is 6.61 Å². The van der Waals surface area contributed by atoms with Gasteiger partial charge >= 0.3 is 12.1 Å². The number of rotatable bonds is 4. The van der Waals surface area contributed by atoms with Crippen molar-refractivity contribution in [2.45, 2.75) is 18.6 Å². The molecule has 1 heterocycles. The van der Waals surface area contributed by atoms with Gasteiger partial charge in [0.2, 0.25) is 0 Å². The van der Waals surface area contributed by atoms with Gasteiger partial charge in [0.15, 0.2) is 5.54 Å². The number of hydrogen-bond acceptors (Lipinski definition) is 4. The highest BCUT2D eigenvalue weighted by Gasteiger charge is 2.48. The van der Waals surface area contributed by atoms with Gasteiger partial charge in [-0.05, 0) is 5.56 Å². The maximum atomic E-state index is 12.0. The van der Waals surface area contributed by atoms with Gasteiger partial charge in [0.1, 0.15) is 6.61 Å². The van der Waals surface area contributed by atoms with E-state index in [9.17, 15) is 14.7 Å². The summed E-state index contributed by atoms with van der Waals surface area (Å²) in [5.74, 6) is -1.07. The summed E-state index contributed by atoms with van der Waals surface area (Å²) in [6, 6.07) is 9.22. The van der Waals surface area contributed by atoms with Crippen LogP contribution in [0.4, 0.5) is 4.79 Å². The van der Waals surface area contributed by atoms with Gasteiger partial charge in [-0.1, -0.05) is 30.3 Å². The lowest BCUT2D eigenvalue weighted by Gasteiger charge is -2.32. The molecule has 1 atom stereocenters. The molecule has 0 bridgehead atoms. The van der Waals surface area contributed by atoms with E-state index in [1.807, 2.05) is 30.3 Å². The Morgan fingerprint density at radius 2 is 2.10 bits per heavy atom. The van der Waals surface area contributed by atoms with Crippen molar-refractivity contribution in [2.75, 3.05) is 20.3 Å². The summed E-state index contributed by atoms with van der Waals surface area (Å²) in [6.45, 7) is 0.419. The Balaban J connectivity index is 1.99. The molecule has 1 unspecified atom stereocenters. The van der Waals surface area contributed by atoms with E-state index >= 15 is 0 Å². The third kappa shape index (κ3) is 2.75. The van der Waals surface area contributed by atoms with E-state index in [1.54, 1.807) is 0 Å². The SMILES string of the molecule is CN(C(=O)OCc1ccccc1)C1(C(=O)O)CCOC1. The van der Waals surface area contributed by atoms with Crippen molar-refractivity contribution < 1.29 is 24.2 Å². The zero-order chi connectivity index (χ0) is 14.6. The normalized spacial score (nSPS) is 21.4. The molecule has 20 heavy (non-hydrogen) atoms. The molecule has 1 saturated heterocycles. The van der Waals surface area contributed by atoms with Gasteiger partial charge in [-0.25, -0.2) is 9.59 Å². The number of amides is 1. The Hall–Kier alpha value is -2.08. The first kappa shape index (κ1) is 14.3. The molecule has 1 aliphatic heterocycles. The van der Waals surface area contributed by atoms with Crippen LogP contribution in [0.5, 0.6) is 0 Å². The Kier molecular flexibility index (Phi) is 4.24. The zero-order valence-electron chi connectivity index (χ0n) is 11.2. The predicted octanol–water partition coefficient (Wildman–Crippen LogP) is 1.50. The molecule has 0 saturated carbocycles. The third-order valence-electron chi connectivity index (χ3n) is 3.52. The van der Waals surface area contributed by atoms with E-state index in [-0.39, 0.29) is 19.6 Å². The minimum Gasteiger partial charge on any atom is -0.479 e. The zero-order valence-corrected chi connectivity index (χ0v) is 11.2. The summed E-state index contributed by atoms with van der Waals surface area (Å²) in [7, 11) is 1.43. The maximum Gasteiger partial charge on any atom is 0.410 e. The second-order valence-electron chi connectivity index (χ2n) is 4.74. The molecule has 108 valence electrons. The van der Waals surface area contributed by atoms with E-state index < -0.39 is 17.6 Å². The highest BCUT2D eigenvalue weighted by molar-refractivity contribution is 5.84. The van der Waals surface area contributed by atoms with Gasteiger partial charge in [-0.15, -0.1) is 0 Å². The number of likely N-dealkylation sites (N-methyl/N-ethyl adjacent to an activating group) is 1. The van der Waals surface area contributed by atoms with Gasteiger partial charge in [-0.2, -0.15) is 0 Å². The number of hydrogen-bond donors (Lipinski definition) is 1. The Labute approximate surface area is 116 Å². The fourth-order valence-corrected chi connectivity index (χ4v) is 2.12. The van der Waals surface area contributed by atoms with Crippen molar-refractivity contribution >= 4 is 12.1 Å². The van der Waals surface area contributed by atoms with Crippen molar-refractivity contribution in [1.29, 1.82) is 0 Å². The summed E-state index contributed by atoms with van der Waals surface area (Å²) in [5.41, 5.74) is -0.477. The number of carbonyl (C=O) groups excluding carboxylic acids is 1.